The molecule has 0 saturated carbocycles. The lowest BCUT2D eigenvalue weighted by Gasteiger charge is -2.29. The molecule has 0 spiro atoms. The number of ether oxygens (including phenoxy) is 1. The standard InChI is InChI=1S/C14H20F3NO.C2H6/c1-4-11(14(15,16)17)10-12(5-2)19-13-6-8-18(3)9-7-13;1-2/h4-5,10,13H,1,6-9H2,2-3H3;1-2H3/b11-10+,12-5+;. The molecule has 0 aromatic heterocycles. The summed E-state index contributed by atoms with van der Waals surface area (Å²) < 4.78 is 43.5. The maximum absolute atomic E-state index is 12.6. The van der Waals surface area contributed by atoms with Crippen molar-refractivity contribution in [3.05, 3.63) is 36.1 Å². The predicted octanol–water partition coefficient (Wildman–Crippen LogP) is 4.70. The molecule has 1 fully saturated rings. The Morgan fingerprint density at radius 2 is 1.76 bits per heavy atom. The number of halogens is 3. The summed E-state index contributed by atoms with van der Waals surface area (Å²) in [5.41, 5.74) is -0.784. The minimum atomic E-state index is -4.40. The van der Waals surface area contributed by atoms with Crippen molar-refractivity contribution in [1.82, 2.24) is 4.90 Å². The van der Waals surface area contributed by atoms with E-state index in [1.165, 1.54) is 0 Å². The van der Waals surface area contributed by atoms with Gasteiger partial charge in [-0.2, -0.15) is 13.2 Å². The van der Waals surface area contributed by atoms with Crippen LogP contribution in [0.4, 0.5) is 13.2 Å². The Hall–Kier alpha value is -1.23. The van der Waals surface area contributed by atoms with Crippen molar-refractivity contribution < 1.29 is 17.9 Å². The lowest BCUT2D eigenvalue weighted by atomic mass is 10.1. The molecule has 0 aliphatic carbocycles. The molecule has 21 heavy (non-hydrogen) atoms. The molecule has 1 aliphatic rings. The Labute approximate surface area is 126 Å². The van der Waals surface area contributed by atoms with Gasteiger partial charge in [0.1, 0.15) is 11.9 Å². The summed E-state index contributed by atoms with van der Waals surface area (Å²) in [6, 6.07) is 0. The summed E-state index contributed by atoms with van der Waals surface area (Å²) in [7, 11) is 2.02. The highest BCUT2D eigenvalue weighted by Gasteiger charge is 2.31. The van der Waals surface area contributed by atoms with Gasteiger partial charge in [-0.25, -0.2) is 0 Å². The minimum Gasteiger partial charge on any atom is -0.491 e. The maximum atomic E-state index is 12.6. The molecule has 122 valence electrons. The highest BCUT2D eigenvalue weighted by molar-refractivity contribution is 5.29. The van der Waals surface area contributed by atoms with Crippen molar-refractivity contribution >= 4 is 0 Å². The van der Waals surface area contributed by atoms with Gasteiger partial charge in [0.25, 0.3) is 0 Å². The first-order valence-electron chi connectivity index (χ1n) is 7.29. The zero-order valence-electron chi connectivity index (χ0n) is 13.3. The van der Waals surface area contributed by atoms with E-state index in [1.807, 2.05) is 20.9 Å². The summed E-state index contributed by atoms with van der Waals surface area (Å²) in [5, 5.41) is 0. The number of hydrogen-bond acceptors (Lipinski definition) is 2. The fraction of sp³-hybridized carbons (Fsp3) is 0.625. The van der Waals surface area contributed by atoms with Crippen LogP contribution in [-0.4, -0.2) is 37.3 Å². The lowest BCUT2D eigenvalue weighted by Crippen LogP contribution is -2.34. The van der Waals surface area contributed by atoms with Gasteiger partial charge in [0.15, 0.2) is 0 Å². The van der Waals surface area contributed by atoms with Crippen LogP contribution in [0.2, 0.25) is 0 Å². The number of allylic oxidation sites excluding steroid dienone is 4. The summed E-state index contributed by atoms with van der Waals surface area (Å²) in [5.74, 6) is 0.252. The molecule has 1 saturated heterocycles. The number of rotatable bonds is 4. The van der Waals surface area contributed by atoms with E-state index >= 15 is 0 Å². The topological polar surface area (TPSA) is 12.5 Å². The van der Waals surface area contributed by atoms with Crippen LogP contribution in [0, 0.1) is 0 Å². The molecule has 1 rings (SSSR count). The second-order valence-corrected chi connectivity index (χ2v) is 4.61. The van der Waals surface area contributed by atoms with Gasteiger partial charge in [-0.3, -0.25) is 0 Å². The van der Waals surface area contributed by atoms with Crippen molar-refractivity contribution in [3.63, 3.8) is 0 Å². The first-order valence-corrected chi connectivity index (χ1v) is 7.29. The van der Waals surface area contributed by atoms with Crippen molar-refractivity contribution in [2.75, 3.05) is 20.1 Å². The molecule has 0 aromatic rings. The molecule has 1 heterocycles. The van der Waals surface area contributed by atoms with Gasteiger partial charge in [0.2, 0.25) is 0 Å². The Kier molecular flexibility index (Phi) is 9.09. The zero-order chi connectivity index (χ0) is 16.5. The van der Waals surface area contributed by atoms with Crippen LogP contribution in [0.3, 0.4) is 0 Å². The molecule has 0 atom stereocenters. The van der Waals surface area contributed by atoms with Gasteiger partial charge in [0.05, 0.1) is 5.57 Å². The number of nitrogens with zero attached hydrogens (tertiary/aromatic N) is 1. The minimum absolute atomic E-state index is 0.0158. The van der Waals surface area contributed by atoms with Crippen molar-refractivity contribution in [3.8, 4) is 0 Å². The summed E-state index contributed by atoms with van der Waals surface area (Å²) in [6.45, 7) is 10.7. The van der Waals surface area contributed by atoms with Crippen molar-refractivity contribution in [2.24, 2.45) is 0 Å². The lowest BCUT2D eigenvalue weighted by molar-refractivity contribution is -0.0885. The van der Waals surface area contributed by atoms with Crippen LogP contribution in [0.25, 0.3) is 0 Å². The first-order chi connectivity index (χ1) is 9.86. The van der Waals surface area contributed by atoms with Gasteiger partial charge in [-0.15, -0.1) is 0 Å². The molecular weight excluding hydrogens is 279 g/mol. The van der Waals surface area contributed by atoms with Gasteiger partial charge in [0, 0.05) is 13.1 Å². The summed E-state index contributed by atoms with van der Waals surface area (Å²) in [6.07, 6.45) is 0.610. The summed E-state index contributed by atoms with van der Waals surface area (Å²) in [4.78, 5) is 2.18. The number of piperidine rings is 1. The normalized spacial score (nSPS) is 18.8. The van der Waals surface area contributed by atoms with E-state index in [2.05, 4.69) is 11.5 Å². The highest BCUT2D eigenvalue weighted by atomic mass is 19.4. The fourth-order valence-electron chi connectivity index (χ4n) is 1.89. The van der Waals surface area contributed by atoms with Crippen molar-refractivity contribution in [2.45, 2.75) is 45.9 Å². The molecule has 0 amide bonds. The average Bonchev–Trinajstić information content (AvgIpc) is 2.46. The third-order valence-electron chi connectivity index (χ3n) is 3.10. The van der Waals surface area contributed by atoms with Gasteiger partial charge < -0.3 is 9.64 Å². The van der Waals surface area contributed by atoms with Crippen LogP contribution >= 0.6 is 0 Å². The monoisotopic (exact) mass is 305 g/mol. The second-order valence-electron chi connectivity index (χ2n) is 4.61. The molecule has 5 heteroatoms. The largest absolute Gasteiger partial charge is 0.491 e. The molecule has 0 N–H and O–H groups in total. The molecule has 0 unspecified atom stereocenters. The van der Waals surface area contributed by atoms with E-state index in [9.17, 15) is 13.2 Å². The van der Waals surface area contributed by atoms with Crippen LogP contribution in [0.5, 0.6) is 0 Å². The quantitative estimate of drug-likeness (QED) is 0.551. The molecule has 0 aromatic carbocycles. The molecule has 0 bridgehead atoms. The first kappa shape index (κ1) is 19.8. The summed E-state index contributed by atoms with van der Waals surface area (Å²) >= 11 is 0. The Bertz CT molecular complexity index is 364. The van der Waals surface area contributed by atoms with Crippen LogP contribution in [0.1, 0.15) is 33.6 Å². The number of alkyl halides is 3. The average molecular weight is 305 g/mol. The predicted molar refractivity (Wildman–Crippen MR) is 81.0 cm³/mol. The zero-order valence-corrected chi connectivity index (χ0v) is 13.3. The smallest absolute Gasteiger partial charge is 0.416 e. The number of likely N-dealkylation sites (tertiary alicyclic amines) is 1. The van der Waals surface area contributed by atoms with E-state index in [-0.39, 0.29) is 11.9 Å². The van der Waals surface area contributed by atoms with Gasteiger partial charge >= 0.3 is 6.18 Å². The van der Waals surface area contributed by atoms with E-state index < -0.39 is 11.7 Å². The van der Waals surface area contributed by atoms with E-state index in [1.54, 1.807) is 13.0 Å². The highest BCUT2D eigenvalue weighted by Crippen LogP contribution is 2.28. The van der Waals surface area contributed by atoms with E-state index in [4.69, 9.17) is 4.74 Å². The van der Waals surface area contributed by atoms with Crippen LogP contribution in [-0.2, 0) is 4.74 Å². The Morgan fingerprint density at radius 1 is 1.24 bits per heavy atom. The third-order valence-corrected chi connectivity index (χ3v) is 3.10. The van der Waals surface area contributed by atoms with Crippen LogP contribution in [0.15, 0.2) is 36.1 Å². The maximum Gasteiger partial charge on any atom is 0.416 e. The third kappa shape index (κ3) is 7.37. The van der Waals surface area contributed by atoms with E-state index in [0.29, 0.717) is 0 Å². The molecule has 1 aliphatic heterocycles. The molecule has 0 radical (unpaired) electrons. The molecular formula is C16H26F3NO. The van der Waals surface area contributed by atoms with Gasteiger partial charge in [-0.1, -0.05) is 26.5 Å². The number of hydrogen-bond donors (Lipinski definition) is 0. The Morgan fingerprint density at radius 3 is 2.14 bits per heavy atom. The second kappa shape index (κ2) is 9.66. The fourth-order valence-corrected chi connectivity index (χ4v) is 1.89. The van der Waals surface area contributed by atoms with Crippen molar-refractivity contribution in [1.29, 1.82) is 0 Å². The Balaban J connectivity index is 0.00000191. The van der Waals surface area contributed by atoms with E-state index in [0.717, 1.165) is 38.1 Å². The van der Waals surface area contributed by atoms with Gasteiger partial charge in [-0.05, 0) is 39.0 Å². The SMILES string of the molecule is C=C/C(=C\C(=C/C)OC1CCN(C)CC1)C(F)(F)F.CC. The van der Waals surface area contributed by atoms with Crippen LogP contribution < -0.4 is 0 Å². The molecule has 2 nitrogen and oxygen atoms in total.